The van der Waals surface area contributed by atoms with Crippen molar-refractivity contribution in [2.75, 3.05) is 25.1 Å². The van der Waals surface area contributed by atoms with Crippen LogP contribution in [0.25, 0.3) is 0 Å². The van der Waals surface area contributed by atoms with Crippen molar-refractivity contribution < 1.29 is 9.90 Å². The Morgan fingerprint density at radius 3 is 2.68 bits per heavy atom. The van der Waals surface area contributed by atoms with Crippen LogP contribution in [0.15, 0.2) is 24.3 Å². The molecule has 2 rings (SSSR count). The third-order valence-electron chi connectivity index (χ3n) is 3.96. The fourth-order valence-electron chi connectivity index (χ4n) is 2.67. The Labute approximate surface area is 114 Å². The summed E-state index contributed by atoms with van der Waals surface area (Å²) in [7, 11) is 1.84. The van der Waals surface area contributed by atoms with Gasteiger partial charge in [0.2, 0.25) is 5.91 Å². The number of aliphatic hydroxyl groups excluding tert-OH is 1. The summed E-state index contributed by atoms with van der Waals surface area (Å²) in [6.07, 6.45) is 0.476. The van der Waals surface area contributed by atoms with Gasteiger partial charge in [0.15, 0.2) is 0 Å². The summed E-state index contributed by atoms with van der Waals surface area (Å²) < 4.78 is 0. The maximum Gasteiger partial charge on any atom is 0.245 e. The maximum atomic E-state index is 12.4. The molecule has 0 spiro atoms. The number of nitrogens with zero attached hydrogens (tertiary/aromatic N) is 2. The number of benzene rings is 1. The number of aliphatic hydroxyl groups is 1. The van der Waals surface area contributed by atoms with Crippen LogP contribution in [0.2, 0.25) is 0 Å². The highest BCUT2D eigenvalue weighted by molar-refractivity contribution is 5.87. The molecule has 4 heteroatoms. The predicted octanol–water partition coefficient (Wildman–Crippen LogP) is 1.41. The predicted molar refractivity (Wildman–Crippen MR) is 76.2 cm³/mol. The normalized spacial score (nSPS) is 23.9. The van der Waals surface area contributed by atoms with Gasteiger partial charge in [-0.3, -0.25) is 4.79 Å². The van der Waals surface area contributed by atoms with Gasteiger partial charge in [-0.1, -0.05) is 18.2 Å². The van der Waals surface area contributed by atoms with Crippen LogP contribution in [0.1, 0.15) is 18.9 Å². The molecule has 1 heterocycles. The van der Waals surface area contributed by atoms with E-state index in [1.165, 1.54) is 0 Å². The van der Waals surface area contributed by atoms with Crippen LogP contribution < -0.4 is 4.90 Å². The molecule has 2 unspecified atom stereocenters. The van der Waals surface area contributed by atoms with Crippen LogP contribution in [0.4, 0.5) is 5.69 Å². The van der Waals surface area contributed by atoms with Gasteiger partial charge in [0.05, 0.1) is 0 Å². The van der Waals surface area contributed by atoms with Gasteiger partial charge in [-0.05, 0) is 31.9 Å². The molecule has 19 heavy (non-hydrogen) atoms. The van der Waals surface area contributed by atoms with Gasteiger partial charge in [-0.15, -0.1) is 0 Å². The molecule has 0 saturated carbocycles. The number of rotatable bonds is 3. The Morgan fingerprint density at radius 2 is 2.05 bits per heavy atom. The Hall–Kier alpha value is -1.55. The van der Waals surface area contributed by atoms with E-state index in [1.807, 2.05) is 25.2 Å². The van der Waals surface area contributed by atoms with Crippen molar-refractivity contribution in [2.24, 2.45) is 0 Å². The molecule has 1 amide bonds. The first-order valence-corrected chi connectivity index (χ1v) is 6.76. The first kappa shape index (κ1) is 13.9. The summed E-state index contributed by atoms with van der Waals surface area (Å²) in [6.45, 7) is 4.94. The Morgan fingerprint density at radius 1 is 1.37 bits per heavy atom. The largest absolute Gasteiger partial charge is 0.396 e. The van der Waals surface area contributed by atoms with E-state index in [9.17, 15) is 9.90 Å². The molecule has 1 saturated heterocycles. The number of carbonyl (C=O) groups is 1. The molecule has 1 aliphatic heterocycles. The van der Waals surface area contributed by atoms with Crippen LogP contribution in [-0.2, 0) is 4.79 Å². The topological polar surface area (TPSA) is 43.8 Å². The zero-order valence-electron chi connectivity index (χ0n) is 11.8. The van der Waals surface area contributed by atoms with E-state index in [1.54, 1.807) is 4.90 Å². The number of amides is 1. The van der Waals surface area contributed by atoms with E-state index in [0.717, 1.165) is 17.8 Å². The van der Waals surface area contributed by atoms with E-state index < -0.39 is 0 Å². The lowest BCUT2D eigenvalue weighted by Crippen LogP contribution is -2.60. The summed E-state index contributed by atoms with van der Waals surface area (Å²) in [4.78, 5) is 16.3. The summed E-state index contributed by atoms with van der Waals surface area (Å²) >= 11 is 0. The third kappa shape index (κ3) is 2.59. The van der Waals surface area contributed by atoms with Gasteiger partial charge in [0.25, 0.3) is 0 Å². The zero-order valence-corrected chi connectivity index (χ0v) is 11.8. The summed E-state index contributed by atoms with van der Waals surface area (Å²) in [6, 6.07) is 8.02. The molecule has 1 aromatic carbocycles. The Bertz CT molecular complexity index is 461. The van der Waals surface area contributed by atoms with Gasteiger partial charge in [-0.2, -0.15) is 0 Å². The molecule has 4 nitrogen and oxygen atoms in total. The average molecular weight is 262 g/mol. The molecule has 1 fully saturated rings. The van der Waals surface area contributed by atoms with Crippen molar-refractivity contribution in [3.8, 4) is 0 Å². The van der Waals surface area contributed by atoms with Crippen LogP contribution >= 0.6 is 0 Å². The summed E-state index contributed by atoms with van der Waals surface area (Å²) in [5.41, 5.74) is 2.25. The number of hydrogen-bond acceptors (Lipinski definition) is 3. The first-order valence-electron chi connectivity index (χ1n) is 6.76. The van der Waals surface area contributed by atoms with Gasteiger partial charge < -0.3 is 14.9 Å². The van der Waals surface area contributed by atoms with Crippen LogP contribution in [0, 0.1) is 6.92 Å². The van der Waals surface area contributed by atoms with Crippen molar-refractivity contribution in [1.29, 1.82) is 0 Å². The second kappa shape index (κ2) is 5.61. The van der Waals surface area contributed by atoms with Gasteiger partial charge in [-0.25, -0.2) is 0 Å². The number of carbonyl (C=O) groups excluding carboxylic acids is 1. The highest BCUT2D eigenvalue weighted by Crippen LogP contribution is 2.27. The quantitative estimate of drug-likeness (QED) is 0.896. The lowest BCUT2D eigenvalue weighted by Gasteiger charge is -2.44. The van der Waals surface area contributed by atoms with Gasteiger partial charge >= 0.3 is 0 Å². The number of aryl methyl sites for hydroxylation is 1. The van der Waals surface area contributed by atoms with E-state index in [2.05, 4.69) is 24.8 Å². The van der Waals surface area contributed by atoms with E-state index in [0.29, 0.717) is 6.42 Å². The number of piperazine rings is 1. The molecular formula is C15H22N2O2. The smallest absolute Gasteiger partial charge is 0.245 e. The average Bonchev–Trinajstić information content (AvgIpc) is 2.40. The van der Waals surface area contributed by atoms with Crippen LogP contribution in [-0.4, -0.2) is 48.2 Å². The molecule has 0 aromatic heterocycles. The second-order valence-electron chi connectivity index (χ2n) is 5.27. The van der Waals surface area contributed by atoms with Crippen molar-refractivity contribution in [2.45, 2.75) is 32.4 Å². The molecule has 0 aliphatic carbocycles. The molecule has 1 aliphatic rings. The summed E-state index contributed by atoms with van der Waals surface area (Å²) in [5.74, 6) is 0.0936. The molecule has 1 aromatic rings. The lowest BCUT2D eigenvalue weighted by atomic mass is 10.0. The van der Waals surface area contributed by atoms with Gasteiger partial charge in [0.1, 0.15) is 6.04 Å². The highest BCUT2D eigenvalue weighted by Gasteiger charge is 2.36. The van der Waals surface area contributed by atoms with Crippen molar-refractivity contribution in [3.63, 3.8) is 0 Å². The zero-order chi connectivity index (χ0) is 14.0. The lowest BCUT2D eigenvalue weighted by molar-refractivity contribution is -0.135. The first-order chi connectivity index (χ1) is 9.06. The van der Waals surface area contributed by atoms with Crippen LogP contribution in [0.3, 0.4) is 0 Å². The third-order valence-corrected chi connectivity index (χ3v) is 3.96. The minimum atomic E-state index is -0.257. The number of anilines is 1. The molecule has 104 valence electrons. The van der Waals surface area contributed by atoms with Crippen molar-refractivity contribution in [1.82, 2.24) is 4.90 Å². The van der Waals surface area contributed by atoms with Crippen LogP contribution in [0.5, 0.6) is 0 Å². The molecular weight excluding hydrogens is 240 g/mol. The van der Waals surface area contributed by atoms with E-state index in [4.69, 9.17) is 0 Å². The second-order valence-corrected chi connectivity index (χ2v) is 5.27. The van der Waals surface area contributed by atoms with Gasteiger partial charge in [0, 0.05) is 31.9 Å². The molecule has 0 radical (unpaired) electrons. The van der Waals surface area contributed by atoms with E-state index >= 15 is 0 Å². The molecule has 2 atom stereocenters. The Balaban J connectivity index is 2.36. The fraction of sp³-hybridized carbons (Fsp3) is 0.533. The van der Waals surface area contributed by atoms with E-state index in [-0.39, 0.29) is 24.6 Å². The van der Waals surface area contributed by atoms with Crippen molar-refractivity contribution >= 4 is 11.6 Å². The SMILES string of the molecule is Cc1ccccc1N1CC(C)N(C)C(=O)C1CCO. The Kier molecular flexibility index (Phi) is 4.10. The molecule has 1 N–H and O–H groups in total. The number of likely N-dealkylation sites (N-methyl/N-ethyl adjacent to an activating group) is 1. The number of para-hydroxylation sites is 1. The maximum absolute atomic E-state index is 12.4. The monoisotopic (exact) mass is 262 g/mol. The van der Waals surface area contributed by atoms with Crippen molar-refractivity contribution in [3.05, 3.63) is 29.8 Å². The fourth-order valence-corrected chi connectivity index (χ4v) is 2.67. The minimum Gasteiger partial charge on any atom is -0.396 e. The molecule has 0 bridgehead atoms. The standard InChI is InChI=1S/C15H22N2O2/c1-11-6-4-5-7-13(11)17-10-12(2)16(3)15(19)14(17)8-9-18/h4-7,12,14,18H,8-10H2,1-3H3. The summed E-state index contributed by atoms with van der Waals surface area (Å²) in [5, 5.41) is 9.23. The number of hydrogen-bond donors (Lipinski definition) is 1. The minimum absolute atomic E-state index is 0.0288. The highest BCUT2D eigenvalue weighted by atomic mass is 16.3.